The van der Waals surface area contributed by atoms with Crippen LogP contribution in [0.3, 0.4) is 0 Å². The Balaban J connectivity index is 2.30. The molecule has 0 aromatic carbocycles. The standard InChI is InChI=1S/C13H17N3O2S2/c1-9-4-11(7-15-6-9)16-20(17,18)13-5-12(8-14-3)19-10(13)2/h4-7,14,16H,8H2,1-3H3. The largest absolute Gasteiger partial charge is 0.315 e. The lowest BCUT2D eigenvalue weighted by molar-refractivity contribution is 0.601. The lowest BCUT2D eigenvalue weighted by Gasteiger charge is -2.07. The van der Waals surface area contributed by atoms with Crippen molar-refractivity contribution in [3.63, 3.8) is 0 Å². The molecule has 108 valence electrons. The molecule has 2 N–H and O–H groups in total. The molecule has 20 heavy (non-hydrogen) atoms. The van der Waals surface area contributed by atoms with Crippen LogP contribution < -0.4 is 10.0 Å². The van der Waals surface area contributed by atoms with E-state index >= 15 is 0 Å². The monoisotopic (exact) mass is 311 g/mol. The van der Waals surface area contributed by atoms with Gasteiger partial charge in [-0.25, -0.2) is 8.42 Å². The first-order chi connectivity index (χ1) is 9.42. The van der Waals surface area contributed by atoms with Gasteiger partial charge >= 0.3 is 0 Å². The van der Waals surface area contributed by atoms with E-state index in [0.717, 1.165) is 15.3 Å². The van der Waals surface area contributed by atoms with Crippen molar-refractivity contribution < 1.29 is 8.42 Å². The summed E-state index contributed by atoms with van der Waals surface area (Å²) in [5.74, 6) is 0. The van der Waals surface area contributed by atoms with Crippen LogP contribution in [-0.2, 0) is 16.6 Å². The molecule has 2 aromatic heterocycles. The maximum Gasteiger partial charge on any atom is 0.263 e. The number of aryl methyl sites for hydroxylation is 2. The third-order valence-corrected chi connectivity index (χ3v) is 5.38. The summed E-state index contributed by atoms with van der Waals surface area (Å²) in [4.78, 5) is 6.09. The Labute approximate surface area is 123 Å². The minimum atomic E-state index is -3.57. The summed E-state index contributed by atoms with van der Waals surface area (Å²) >= 11 is 1.48. The van der Waals surface area contributed by atoms with Crippen LogP contribution in [0.4, 0.5) is 5.69 Å². The highest BCUT2D eigenvalue weighted by atomic mass is 32.2. The number of thiophene rings is 1. The molecule has 0 aliphatic rings. The van der Waals surface area contributed by atoms with Gasteiger partial charge in [-0.3, -0.25) is 9.71 Å². The van der Waals surface area contributed by atoms with Gasteiger partial charge in [0.1, 0.15) is 4.90 Å². The van der Waals surface area contributed by atoms with Crippen LogP contribution in [0.5, 0.6) is 0 Å². The lowest BCUT2D eigenvalue weighted by atomic mass is 10.3. The number of hydrogen-bond acceptors (Lipinski definition) is 5. The van der Waals surface area contributed by atoms with Crippen molar-refractivity contribution in [2.45, 2.75) is 25.3 Å². The number of rotatable bonds is 5. The van der Waals surface area contributed by atoms with Crippen molar-refractivity contribution >= 4 is 27.0 Å². The number of nitrogens with zero attached hydrogens (tertiary/aromatic N) is 1. The molecule has 0 saturated heterocycles. The minimum absolute atomic E-state index is 0.328. The SMILES string of the molecule is CNCc1cc(S(=O)(=O)Nc2cncc(C)c2)c(C)s1. The molecule has 0 saturated carbocycles. The van der Waals surface area contributed by atoms with Crippen LogP contribution in [0.2, 0.25) is 0 Å². The molecule has 5 nitrogen and oxygen atoms in total. The van der Waals surface area contributed by atoms with Crippen molar-refractivity contribution in [1.29, 1.82) is 0 Å². The number of pyridine rings is 1. The number of aromatic nitrogens is 1. The van der Waals surface area contributed by atoms with Gasteiger partial charge in [0.2, 0.25) is 0 Å². The molecule has 2 aromatic rings. The van der Waals surface area contributed by atoms with Gasteiger partial charge in [0.25, 0.3) is 10.0 Å². The van der Waals surface area contributed by atoms with Crippen LogP contribution >= 0.6 is 11.3 Å². The van der Waals surface area contributed by atoms with E-state index < -0.39 is 10.0 Å². The maximum absolute atomic E-state index is 12.4. The van der Waals surface area contributed by atoms with Gasteiger partial charge in [-0.05, 0) is 38.6 Å². The molecule has 0 bridgehead atoms. The van der Waals surface area contributed by atoms with Crippen molar-refractivity contribution in [3.05, 3.63) is 39.8 Å². The Bertz CT molecular complexity index is 708. The van der Waals surface area contributed by atoms with E-state index in [9.17, 15) is 8.42 Å². The highest BCUT2D eigenvalue weighted by molar-refractivity contribution is 7.93. The molecule has 0 atom stereocenters. The van der Waals surface area contributed by atoms with Crippen molar-refractivity contribution in [3.8, 4) is 0 Å². The normalized spacial score (nSPS) is 11.6. The maximum atomic E-state index is 12.4. The smallest absolute Gasteiger partial charge is 0.263 e. The Morgan fingerprint density at radius 2 is 2.00 bits per heavy atom. The Hall–Kier alpha value is -1.44. The van der Waals surface area contributed by atoms with E-state index in [4.69, 9.17) is 0 Å². The van der Waals surface area contributed by atoms with Crippen LogP contribution in [0.1, 0.15) is 15.3 Å². The van der Waals surface area contributed by atoms with Crippen molar-refractivity contribution in [2.24, 2.45) is 0 Å². The van der Waals surface area contributed by atoms with Crippen LogP contribution in [-0.4, -0.2) is 20.4 Å². The summed E-state index contributed by atoms with van der Waals surface area (Å²) in [7, 11) is -1.73. The van der Waals surface area contributed by atoms with Crippen LogP contribution in [0, 0.1) is 13.8 Å². The second-order valence-electron chi connectivity index (χ2n) is 4.52. The van der Waals surface area contributed by atoms with Gasteiger partial charge in [0.15, 0.2) is 0 Å². The fourth-order valence-corrected chi connectivity index (χ4v) is 4.56. The highest BCUT2D eigenvalue weighted by Gasteiger charge is 2.20. The van der Waals surface area contributed by atoms with E-state index in [2.05, 4.69) is 15.0 Å². The molecule has 0 fully saturated rings. The van der Waals surface area contributed by atoms with Gasteiger partial charge in [-0.1, -0.05) is 0 Å². The summed E-state index contributed by atoms with van der Waals surface area (Å²) in [6.45, 7) is 4.34. The fourth-order valence-electron chi connectivity index (χ4n) is 1.87. The third kappa shape index (κ3) is 3.36. The van der Waals surface area contributed by atoms with Crippen LogP contribution in [0.25, 0.3) is 0 Å². The summed E-state index contributed by atoms with van der Waals surface area (Å²) in [6.07, 6.45) is 3.18. The molecule has 2 rings (SSSR count). The molecule has 7 heteroatoms. The predicted octanol–water partition coefficient (Wildman–Crippen LogP) is 2.28. The van der Waals surface area contributed by atoms with Gasteiger partial charge in [-0.15, -0.1) is 11.3 Å². The molecular weight excluding hydrogens is 294 g/mol. The van der Waals surface area contributed by atoms with Gasteiger partial charge in [-0.2, -0.15) is 0 Å². The summed E-state index contributed by atoms with van der Waals surface area (Å²) in [6, 6.07) is 3.46. The number of nitrogens with one attached hydrogen (secondary N) is 2. The van der Waals surface area contributed by atoms with Gasteiger partial charge in [0.05, 0.1) is 11.9 Å². The van der Waals surface area contributed by atoms with Gasteiger partial charge in [0, 0.05) is 22.5 Å². The molecule has 0 unspecified atom stereocenters. The second kappa shape index (κ2) is 5.90. The van der Waals surface area contributed by atoms with E-state index in [-0.39, 0.29) is 0 Å². The Kier molecular flexibility index (Phi) is 4.42. The van der Waals surface area contributed by atoms with Crippen molar-refractivity contribution in [2.75, 3.05) is 11.8 Å². The first kappa shape index (κ1) is 15.0. The quantitative estimate of drug-likeness (QED) is 0.888. The Morgan fingerprint density at radius 3 is 2.65 bits per heavy atom. The number of sulfonamides is 1. The molecule has 0 amide bonds. The molecule has 0 spiro atoms. The lowest BCUT2D eigenvalue weighted by Crippen LogP contribution is -2.13. The minimum Gasteiger partial charge on any atom is -0.315 e. The second-order valence-corrected chi connectivity index (χ2v) is 7.51. The highest BCUT2D eigenvalue weighted by Crippen LogP contribution is 2.27. The summed E-state index contributed by atoms with van der Waals surface area (Å²) < 4.78 is 27.4. The molecule has 0 radical (unpaired) electrons. The zero-order chi connectivity index (χ0) is 14.8. The van der Waals surface area contributed by atoms with Gasteiger partial charge < -0.3 is 5.32 Å². The van der Waals surface area contributed by atoms with Crippen LogP contribution in [0.15, 0.2) is 29.4 Å². The zero-order valence-corrected chi connectivity index (χ0v) is 13.2. The average molecular weight is 311 g/mol. The molecule has 2 heterocycles. The fraction of sp³-hybridized carbons (Fsp3) is 0.308. The molecular formula is C13H17N3O2S2. The predicted molar refractivity (Wildman–Crippen MR) is 81.6 cm³/mol. The molecule has 0 aliphatic carbocycles. The molecule has 0 aliphatic heterocycles. The number of anilines is 1. The first-order valence-electron chi connectivity index (χ1n) is 6.11. The average Bonchev–Trinajstić information content (AvgIpc) is 2.71. The summed E-state index contributed by atoms with van der Waals surface area (Å²) in [5, 5.41) is 3.02. The topological polar surface area (TPSA) is 71.1 Å². The van der Waals surface area contributed by atoms with E-state index in [0.29, 0.717) is 17.1 Å². The number of hydrogen-bond donors (Lipinski definition) is 2. The van der Waals surface area contributed by atoms with E-state index in [1.165, 1.54) is 17.5 Å². The Morgan fingerprint density at radius 1 is 1.25 bits per heavy atom. The first-order valence-corrected chi connectivity index (χ1v) is 8.41. The van der Waals surface area contributed by atoms with Crippen molar-refractivity contribution in [1.82, 2.24) is 10.3 Å². The summed E-state index contributed by atoms with van der Waals surface area (Å²) in [5.41, 5.74) is 1.38. The third-order valence-electron chi connectivity index (χ3n) is 2.69. The van der Waals surface area contributed by atoms with E-state index in [1.54, 1.807) is 18.3 Å². The zero-order valence-electron chi connectivity index (χ0n) is 11.6. The van der Waals surface area contributed by atoms with E-state index in [1.807, 2.05) is 20.9 Å².